The zero-order chi connectivity index (χ0) is 14.8. The van der Waals surface area contributed by atoms with Crippen LogP contribution in [0.1, 0.15) is 6.42 Å². The van der Waals surface area contributed by atoms with Crippen LogP contribution in [0.15, 0.2) is 18.2 Å². The number of alkyl halides is 3. The third-order valence-corrected chi connectivity index (χ3v) is 4.09. The summed E-state index contributed by atoms with van der Waals surface area (Å²) in [6, 6.07) is 5.39. The van der Waals surface area contributed by atoms with Gasteiger partial charge in [-0.3, -0.25) is 4.90 Å². The van der Waals surface area contributed by atoms with Gasteiger partial charge >= 0.3 is 6.18 Å². The predicted octanol–water partition coefficient (Wildman–Crippen LogP) is 4.07. The number of halogens is 5. The van der Waals surface area contributed by atoms with E-state index in [-0.39, 0.29) is 6.54 Å². The van der Waals surface area contributed by atoms with E-state index in [1.165, 1.54) is 0 Å². The summed E-state index contributed by atoms with van der Waals surface area (Å²) in [4.78, 5) is 3.94. The van der Waals surface area contributed by atoms with Gasteiger partial charge in [0.25, 0.3) is 0 Å². The Bertz CT molecular complexity index is 457. The smallest absolute Gasteiger partial charge is 0.369 e. The first-order valence-electron chi connectivity index (χ1n) is 6.34. The third kappa shape index (κ3) is 4.43. The van der Waals surface area contributed by atoms with Crippen LogP contribution >= 0.6 is 23.2 Å². The second-order valence-corrected chi connectivity index (χ2v) is 5.61. The molecule has 112 valence electrons. The number of benzene rings is 1. The van der Waals surface area contributed by atoms with E-state index in [0.717, 1.165) is 5.69 Å². The van der Waals surface area contributed by atoms with Crippen molar-refractivity contribution in [2.45, 2.75) is 12.6 Å². The Morgan fingerprint density at radius 3 is 2.20 bits per heavy atom. The molecule has 0 spiro atoms. The zero-order valence-electron chi connectivity index (χ0n) is 10.8. The highest BCUT2D eigenvalue weighted by Crippen LogP contribution is 2.28. The van der Waals surface area contributed by atoms with Crippen LogP contribution in [0.4, 0.5) is 18.9 Å². The van der Waals surface area contributed by atoms with E-state index in [1.807, 2.05) is 11.0 Å². The fourth-order valence-corrected chi connectivity index (χ4v) is 2.49. The Labute approximate surface area is 126 Å². The van der Waals surface area contributed by atoms with Crippen molar-refractivity contribution in [2.75, 3.05) is 37.6 Å². The van der Waals surface area contributed by atoms with Gasteiger partial charge in [0, 0.05) is 38.4 Å². The Kier molecular flexibility index (Phi) is 5.04. The molecule has 2 nitrogen and oxygen atoms in total. The minimum Gasteiger partial charge on any atom is -0.369 e. The molecule has 0 saturated carbocycles. The molecule has 1 aliphatic heterocycles. The molecule has 1 aromatic carbocycles. The maximum Gasteiger partial charge on any atom is 0.390 e. The summed E-state index contributed by atoms with van der Waals surface area (Å²) in [5, 5.41) is 0.989. The van der Waals surface area contributed by atoms with Crippen molar-refractivity contribution in [2.24, 2.45) is 0 Å². The molecule has 0 aromatic heterocycles. The fraction of sp³-hybridized carbons (Fsp3) is 0.538. The minimum absolute atomic E-state index is 0.0682. The Morgan fingerprint density at radius 1 is 1.00 bits per heavy atom. The normalized spacial score (nSPS) is 17.6. The number of anilines is 1. The zero-order valence-corrected chi connectivity index (χ0v) is 12.3. The average Bonchev–Trinajstić information content (AvgIpc) is 2.39. The van der Waals surface area contributed by atoms with E-state index >= 15 is 0 Å². The first-order valence-corrected chi connectivity index (χ1v) is 7.10. The Balaban J connectivity index is 1.86. The van der Waals surface area contributed by atoms with Gasteiger partial charge in [-0.05, 0) is 18.2 Å². The first kappa shape index (κ1) is 15.7. The Morgan fingerprint density at radius 2 is 1.65 bits per heavy atom. The molecule has 1 saturated heterocycles. The van der Waals surface area contributed by atoms with E-state index in [2.05, 4.69) is 4.90 Å². The highest BCUT2D eigenvalue weighted by Gasteiger charge is 2.28. The van der Waals surface area contributed by atoms with Gasteiger partial charge in [-0.15, -0.1) is 0 Å². The van der Waals surface area contributed by atoms with E-state index in [1.54, 1.807) is 12.1 Å². The van der Waals surface area contributed by atoms with Crippen LogP contribution in [0.5, 0.6) is 0 Å². The van der Waals surface area contributed by atoms with Crippen molar-refractivity contribution in [1.29, 1.82) is 0 Å². The van der Waals surface area contributed by atoms with Gasteiger partial charge in [-0.25, -0.2) is 0 Å². The molecule has 0 amide bonds. The summed E-state index contributed by atoms with van der Waals surface area (Å²) in [7, 11) is 0. The van der Waals surface area contributed by atoms with E-state index in [4.69, 9.17) is 23.2 Å². The van der Waals surface area contributed by atoms with Crippen LogP contribution in [-0.2, 0) is 0 Å². The van der Waals surface area contributed by atoms with Crippen LogP contribution in [0.3, 0.4) is 0 Å². The summed E-state index contributed by atoms with van der Waals surface area (Å²) >= 11 is 11.8. The molecule has 0 unspecified atom stereocenters. The molecule has 1 aliphatic rings. The topological polar surface area (TPSA) is 6.48 Å². The quantitative estimate of drug-likeness (QED) is 0.826. The SMILES string of the molecule is FC(F)(F)CCN1CCN(c2ccc(Cl)c(Cl)c2)CC1. The van der Waals surface area contributed by atoms with Crippen molar-refractivity contribution in [3.8, 4) is 0 Å². The fourth-order valence-electron chi connectivity index (χ4n) is 2.20. The molecule has 1 fully saturated rings. The predicted molar refractivity (Wildman–Crippen MR) is 75.8 cm³/mol. The van der Waals surface area contributed by atoms with Crippen LogP contribution in [0.25, 0.3) is 0 Å². The second kappa shape index (κ2) is 6.41. The van der Waals surface area contributed by atoms with Gasteiger partial charge in [-0.1, -0.05) is 23.2 Å². The molecule has 20 heavy (non-hydrogen) atoms. The Hall–Kier alpha value is -0.650. The summed E-state index contributed by atoms with van der Waals surface area (Å²) in [5.41, 5.74) is 0.954. The number of nitrogens with zero attached hydrogens (tertiary/aromatic N) is 2. The largest absolute Gasteiger partial charge is 0.390 e. The molecular weight excluding hydrogens is 312 g/mol. The standard InChI is InChI=1S/C13H15Cl2F3N2/c14-11-2-1-10(9-12(11)15)20-7-5-19(6-8-20)4-3-13(16,17)18/h1-2,9H,3-8H2. The van der Waals surface area contributed by atoms with Gasteiger partial charge in [0.2, 0.25) is 0 Å². The van der Waals surface area contributed by atoms with Gasteiger partial charge in [-0.2, -0.15) is 13.2 Å². The lowest BCUT2D eigenvalue weighted by molar-refractivity contribution is -0.138. The van der Waals surface area contributed by atoms with Crippen molar-refractivity contribution in [3.63, 3.8) is 0 Å². The molecule has 2 rings (SSSR count). The minimum atomic E-state index is -4.08. The number of rotatable bonds is 3. The molecule has 7 heteroatoms. The molecule has 0 aliphatic carbocycles. The van der Waals surface area contributed by atoms with Crippen molar-refractivity contribution in [3.05, 3.63) is 28.2 Å². The summed E-state index contributed by atoms with van der Waals surface area (Å²) in [5.74, 6) is 0. The van der Waals surface area contributed by atoms with Gasteiger partial charge < -0.3 is 4.90 Å². The molecule has 1 aromatic rings. The van der Waals surface area contributed by atoms with Gasteiger partial charge in [0.05, 0.1) is 16.5 Å². The lowest BCUT2D eigenvalue weighted by Gasteiger charge is -2.36. The highest BCUT2D eigenvalue weighted by atomic mass is 35.5. The van der Waals surface area contributed by atoms with Gasteiger partial charge in [0.15, 0.2) is 0 Å². The maximum atomic E-state index is 12.2. The van der Waals surface area contributed by atoms with Gasteiger partial charge in [0.1, 0.15) is 0 Å². The molecule has 0 bridgehead atoms. The second-order valence-electron chi connectivity index (χ2n) is 4.79. The van der Waals surface area contributed by atoms with E-state index in [9.17, 15) is 13.2 Å². The number of hydrogen-bond acceptors (Lipinski definition) is 2. The average molecular weight is 327 g/mol. The molecule has 0 radical (unpaired) electrons. The molecule has 0 N–H and O–H groups in total. The number of piperazine rings is 1. The monoisotopic (exact) mass is 326 g/mol. The lowest BCUT2D eigenvalue weighted by Crippen LogP contribution is -2.47. The summed E-state index contributed by atoms with van der Waals surface area (Å²) < 4.78 is 36.5. The number of hydrogen-bond donors (Lipinski definition) is 0. The molecule has 1 heterocycles. The third-order valence-electron chi connectivity index (χ3n) is 3.35. The highest BCUT2D eigenvalue weighted by molar-refractivity contribution is 6.42. The van der Waals surface area contributed by atoms with Crippen molar-refractivity contribution in [1.82, 2.24) is 4.90 Å². The summed E-state index contributed by atoms with van der Waals surface area (Å²) in [6.07, 6.45) is -4.83. The summed E-state index contributed by atoms with van der Waals surface area (Å²) in [6.45, 7) is 2.69. The van der Waals surface area contributed by atoms with Crippen LogP contribution < -0.4 is 4.90 Å². The van der Waals surface area contributed by atoms with Crippen LogP contribution in [0.2, 0.25) is 10.0 Å². The van der Waals surface area contributed by atoms with E-state index in [0.29, 0.717) is 36.2 Å². The van der Waals surface area contributed by atoms with E-state index < -0.39 is 12.6 Å². The molecule has 0 atom stereocenters. The lowest BCUT2D eigenvalue weighted by atomic mass is 10.2. The first-order chi connectivity index (χ1) is 9.35. The van der Waals surface area contributed by atoms with Crippen molar-refractivity contribution < 1.29 is 13.2 Å². The van der Waals surface area contributed by atoms with Crippen LogP contribution in [-0.4, -0.2) is 43.8 Å². The van der Waals surface area contributed by atoms with Crippen LogP contribution in [0, 0.1) is 0 Å². The van der Waals surface area contributed by atoms with Crippen molar-refractivity contribution >= 4 is 28.9 Å². The molecular formula is C13H15Cl2F3N2. The maximum absolute atomic E-state index is 12.2.